The zero-order valence-corrected chi connectivity index (χ0v) is 14.8. The fourth-order valence-corrected chi connectivity index (χ4v) is 4.12. The first-order chi connectivity index (χ1) is 12.1. The number of urea groups is 1. The van der Waals surface area contributed by atoms with E-state index in [1.165, 1.54) is 5.56 Å². The summed E-state index contributed by atoms with van der Waals surface area (Å²) in [6.45, 7) is 6.95. The molecule has 1 unspecified atom stereocenters. The molecular formula is C19H26N2O4. The summed E-state index contributed by atoms with van der Waals surface area (Å²) in [7, 11) is 0. The van der Waals surface area contributed by atoms with E-state index in [0.29, 0.717) is 33.1 Å². The average Bonchev–Trinajstić information content (AvgIpc) is 3.09. The summed E-state index contributed by atoms with van der Waals surface area (Å²) < 4.78 is 16.2. The summed E-state index contributed by atoms with van der Waals surface area (Å²) in [5.74, 6) is 1.65. The lowest BCUT2D eigenvalue weighted by Gasteiger charge is -2.43. The molecule has 0 aromatic heterocycles. The molecule has 0 aliphatic carbocycles. The van der Waals surface area contributed by atoms with Gasteiger partial charge >= 0.3 is 6.03 Å². The topological polar surface area (TPSA) is 51.2 Å². The number of carbonyl (C=O) groups is 1. The van der Waals surface area contributed by atoms with Gasteiger partial charge in [0.2, 0.25) is 6.79 Å². The molecule has 4 rings (SSSR count). The molecule has 0 radical (unpaired) electrons. The molecule has 6 heteroatoms. The van der Waals surface area contributed by atoms with E-state index in [1.807, 2.05) is 15.9 Å². The van der Waals surface area contributed by atoms with Gasteiger partial charge in [0.05, 0.1) is 13.2 Å². The average molecular weight is 346 g/mol. The van der Waals surface area contributed by atoms with Crippen LogP contribution in [-0.4, -0.2) is 62.0 Å². The number of hydrogen-bond donors (Lipinski definition) is 0. The van der Waals surface area contributed by atoms with Gasteiger partial charge in [0.15, 0.2) is 11.5 Å². The van der Waals surface area contributed by atoms with Gasteiger partial charge in [-0.1, -0.05) is 13.0 Å². The van der Waals surface area contributed by atoms with Crippen LogP contribution in [0.2, 0.25) is 0 Å². The number of rotatable bonds is 2. The number of likely N-dealkylation sites (tertiary alicyclic amines) is 1. The van der Waals surface area contributed by atoms with E-state index in [4.69, 9.17) is 14.2 Å². The second-order valence-electron chi connectivity index (χ2n) is 7.58. The first-order valence-corrected chi connectivity index (χ1v) is 9.13. The van der Waals surface area contributed by atoms with Crippen LogP contribution in [0.5, 0.6) is 11.5 Å². The number of morpholine rings is 1. The van der Waals surface area contributed by atoms with Gasteiger partial charge in [0.25, 0.3) is 0 Å². The molecule has 2 fully saturated rings. The molecule has 2 saturated heterocycles. The summed E-state index contributed by atoms with van der Waals surface area (Å²) in [5.41, 5.74) is 1.33. The smallest absolute Gasteiger partial charge is 0.320 e. The third kappa shape index (κ3) is 3.54. The van der Waals surface area contributed by atoms with Crippen molar-refractivity contribution in [2.24, 2.45) is 5.41 Å². The van der Waals surface area contributed by atoms with E-state index >= 15 is 0 Å². The zero-order chi connectivity index (χ0) is 17.3. The molecule has 0 N–H and O–H groups in total. The lowest BCUT2D eigenvalue weighted by atomic mass is 9.77. The van der Waals surface area contributed by atoms with Crippen molar-refractivity contribution in [2.75, 3.05) is 46.2 Å². The third-order valence-corrected chi connectivity index (χ3v) is 5.40. The fraction of sp³-hybridized carbons (Fsp3) is 0.632. The van der Waals surface area contributed by atoms with Crippen molar-refractivity contribution in [3.05, 3.63) is 23.8 Å². The molecular weight excluding hydrogens is 320 g/mol. The van der Waals surface area contributed by atoms with E-state index in [-0.39, 0.29) is 11.4 Å². The molecule has 136 valence electrons. The molecule has 3 aliphatic heterocycles. The van der Waals surface area contributed by atoms with Crippen molar-refractivity contribution in [3.8, 4) is 11.5 Å². The Morgan fingerprint density at radius 3 is 2.76 bits per heavy atom. The van der Waals surface area contributed by atoms with Crippen LogP contribution in [0.15, 0.2) is 18.2 Å². The lowest BCUT2D eigenvalue weighted by molar-refractivity contribution is 0.0330. The van der Waals surface area contributed by atoms with Crippen molar-refractivity contribution in [2.45, 2.75) is 26.2 Å². The minimum absolute atomic E-state index is 0.0912. The fourth-order valence-electron chi connectivity index (χ4n) is 4.12. The van der Waals surface area contributed by atoms with Gasteiger partial charge in [-0.2, -0.15) is 0 Å². The highest BCUT2D eigenvalue weighted by atomic mass is 16.7. The lowest BCUT2D eigenvalue weighted by Crippen LogP contribution is -2.53. The second-order valence-corrected chi connectivity index (χ2v) is 7.58. The van der Waals surface area contributed by atoms with Crippen molar-refractivity contribution in [1.82, 2.24) is 9.80 Å². The van der Waals surface area contributed by atoms with E-state index < -0.39 is 0 Å². The number of fused-ring (bicyclic) bond motifs is 1. The number of carbonyl (C=O) groups excluding carboxylic acids is 1. The van der Waals surface area contributed by atoms with Crippen molar-refractivity contribution in [1.29, 1.82) is 0 Å². The molecule has 3 aliphatic rings. The van der Waals surface area contributed by atoms with Crippen molar-refractivity contribution in [3.63, 3.8) is 0 Å². The highest BCUT2D eigenvalue weighted by Crippen LogP contribution is 2.37. The van der Waals surface area contributed by atoms with E-state index in [0.717, 1.165) is 43.9 Å². The Balaban J connectivity index is 1.43. The Hall–Kier alpha value is -1.95. The van der Waals surface area contributed by atoms with Crippen LogP contribution in [0, 0.1) is 5.41 Å². The molecule has 25 heavy (non-hydrogen) atoms. The second kappa shape index (κ2) is 6.75. The highest BCUT2D eigenvalue weighted by Gasteiger charge is 2.35. The molecule has 1 aromatic carbocycles. The maximum Gasteiger partial charge on any atom is 0.320 e. The molecule has 1 atom stereocenters. The van der Waals surface area contributed by atoms with Crippen LogP contribution in [0.4, 0.5) is 4.79 Å². The number of ether oxygens (including phenoxy) is 3. The number of piperidine rings is 1. The van der Waals surface area contributed by atoms with Crippen LogP contribution < -0.4 is 9.47 Å². The minimum atomic E-state index is 0.0912. The van der Waals surface area contributed by atoms with Crippen LogP contribution in [0.1, 0.15) is 25.3 Å². The quantitative estimate of drug-likeness (QED) is 0.826. The molecule has 2 amide bonds. The Morgan fingerprint density at radius 1 is 1.12 bits per heavy atom. The molecule has 6 nitrogen and oxygen atoms in total. The maximum atomic E-state index is 12.8. The van der Waals surface area contributed by atoms with E-state index in [1.54, 1.807) is 0 Å². The van der Waals surface area contributed by atoms with Crippen LogP contribution in [0.3, 0.4) is 0 Å². The largest absolute Gasteiger partial charge is 0.454 e. The summed E-state index contributed by atoms with van der Waals surface area (Å²) in [5, 5.41) is 0. The Bertz CT molecular complexity index is 644. The standard InChI is InChI=1S/C19H26N2O4/c1-19(12-15-3-4-16-17(11-15)25-14-24-16)5-2-6-21(13-19)18(22)20-7-9-23-10-8-20/h3-4,11H,2,5-10,12-14H2,1H3. The van der Waals surface area contributed by atoms with Crippen molar-refractivity contribution >= 4 is 6.03 Å². The van der Waals surface area contributed by atoms with Crippen LogP contribution in [0.25, 0.3) is 0 Å². The van der Waals surface area contributed by atoms with Crippen LogP contribution in [-0.2, 0) is 11.2 Å². The number of benzene rings is 1. The van der Waals surface area contributed by atoms with Crippen LogP contribution >= 0.6 is 0 Å². The zero-order valence-electron chi connectivity index (χ0n) is 14.8. The van der Waals surface area contributed by atoms with Crippen molar-refractivity contribution < 1.29 is 19.0 Å². The highest BCUT2D eigenvalue weighted by molar-refractivity contribution is 5.74. The summed E-state index contributed by atoms with van der Waals surface area (Å²) in [6, 6.07) is 6.35. The molecule has 0 bridgehead atoms. The monoisotopic (exact) mass is 346 g/mol. The minimum Gasteiger partial charge on any atom is -0.454 e. The van der Waals surface area contributed by atoms with Gasteiger partial charge in [-0.25, -0.2) is 4.79 Å². The number of nitrogens with zero attached hydrogens (tertiary/aromatic N) is 2. The Kier molecular flexibility index (Phi) is 4.46. The van der Waals surface area contributed by atoms with Gasteiger partial charge in [0, 0.05) is 26.2 Å². The van der Waals surface area contributed by atoms with Gasteiger partial charge in [-0.15, -0.1) is 0 Å². The predicted octanol–water partition coefficient (Wildman–Crippen LogP) is 2.51. The van der Waals surface area contributed by atoms with Gasteiger partial charge in [-0.05, 0) is 42.4 Å². The molecule has 0 saturated carbocycles. The molecule has 3 heterocycles. The Morgan fingerprint density at radius 2 is 1.92 bits per heavy atom. The van der Waals surface area contributed by atoms with Gasteiger partial charge in [0.1, 0.15) is 0 Å². The molecule has 1 aromatic rings. The summed E-state index contributed by atoms with van der Waals surface area (Å²) in [6.07, 6.45) is 3.13. The maximum absolute atomic E-state index is 12.8. The first-order valence-electron chi connectivity index (χ1n) is 9.13. The molecule has 0 spiro atoms. The van der Waals surface area contributed by atoms with Gasteiger partial charge < -0.3 is 24.0 Å². The van der Waals surface area contributed by atoms with E-state index in [2.05, 4.69) is 19.1 Å². The Labute approximate surface area is 148 Å². The first kappa shape index (κ1) is 16.5. The summed E-state index contributed by atoms with van der Waals surface area (Å²) in [4.78, 5) is 16.8. The predicted molar refractivity (Wildman–Crippen MR) is 93.0 cm³/mol. The third-order valence-electron chi connectivity index (χ3n) is 5.40. The summed E-state index contributed by atoms with van der Waals surface area (Å²) >= 11 is 0. The van der Waals surface area contributed by atoms with Gasteiger partial charge in [-0.3, -0.25) is 0 Å². The number of amides is 2. The SMILES string of the molecule is CC1(Cc2ccc3c(c2)OCO3)CCCN(C(=O)N2CCOCC2)C1. The van der Waals surface area contributed by atoms with E-state index in [9.17, 15) is 4.79 Å². The number of hydrogen-bond acceptors (Lipinski definition) is 4. The normalized spacial score (nSPS) is 26.0.